The lowest BCUT2D eigenvalue weighted by atomic mass is 10.0. The van der Waals surface area contributed by atoms with E-state index in [-0.39, 0.29) is 29.5 Å². The highest BCUT2D eigenvalue weighted by atomic mass is 35.5. The van der Waals surface area contributed by atoms with E-state index in [0.29, 0.717) is 30.4 Å². The summed E-state index contributed by atoms with van der Waals surface area (Å²) in [6, 6.07) is 2.72. The number of rotatable bonds is 3. The van der Waals surface area contributed by atoms with Gasteiger partial charge in [-0.3, -0.25) is 9.69 Å². The number of aromatic nitrogens is 1. The zero-order chi connectivity index (χ0) is 18.2. The van der Waals surface area contributed by atoms with Crippen molar-refractivity contribution in [1.29, 1.82) is 0 Å². The summed E-state index contributed by atoms with van der Waals surface area (Å²) < 4.78 is 24.4. The molecule has 2 aliphatic rings. The molecule has 2 atom stereocenters. The number of carbonyl (C=O) groups is 1. The summed E-state index contributed by atoms with van der Waals surface area (Å²) in [5, 5.41) is 0.462. The largest absolute Gasteiger partial charge is 0.330 e. The standard InChI is InChI=1S/C17H22ClN3O3S/c1-12(2)5-6-20-7-8-21(16-11-25(23,24)10-15(16)20)17(22)14-4-3-13(18)9-19-14/h3-5,9,15-16H,6-8,10-11H2,1-2H3. The third-order valence-corrected chi connectivity index (χ3v) is 6.65. The minimum atomic E-state index is -3.15. The zero-order valence-electron chi connectivity index (χ0n) is 14.4. The van der Waals surface area contributed by atoms with Crippen LogP contribution in [0.25, 0.3) is 0 Å². The van der Waals surface area contributed by atoms with Gasteiger partial charge in [0.1, 0.15) is 5.69 Å². The van der Waals surface area contributed by atoms with Crippen LogP contribution in [0, 0.1) is 0 Å². The maximum atomic E-state index is 12.8. The number of hydrogen-bond acceptors (Lipinski definition) is 5. The first-order valence-electron chi connectivity index (χ1n) is 8.27. The van der Waals surface area contributed by atoms with Gasteiger partial charge in [0.05, 0.1) is 22.6 Å². The first kappa shape index (κ1) is 18.4. The fourth-order valence-electron chi connectivity index (χ4n) is 3.45. The molecule has 1 aromatic rings. The predicted molar refractivity (Wildman–Crippen MR) is 97.5 cm³/mol. The molecule has 2 aliphatic heterocycles. The highest BCUT2D eigenvalue weighted by molar-refractivity contribution is 7.91. The average Bonchev–Trinajstić information content (AvgIpc) is 2.87. The van der Waals surface area contributed by atoms with Gasteiger partial charge in [0, 0.05) is 31.9 Å². The predicted octanol–water partition coefficient (Wildman–Crippen LogP) is 1.62. The number of carbonyl (C=O) groups excluding carboxylic acids is 1. The number of fused-ring (bicyclic) bond motifs is 1. The Bertz CT molecular complexity index is 788. The second-order valence-electron chi connectivity index (χ2n) is 6.85. The molecule has 2 fully saturated rings. The van der Waals surface area contributed by atoms with Gasteiger partial charge in [-0.25, -0.2) is 13.4 Å². The molecule has 25 heavy (non-hydrogen) atoms. The van der Waals surface area contributed by atoms with Crippen molar-refractivity contribution in [3.63, 3.8) is 0 Å². The summed E-state index contributed by atoms with van der Waals surface area (Å²) in [5.74, 6) is -0.111. The molecule has 6 nitrogen and oxygen atoms in total. The smallest absolute Gasteiger partial charge is 0.272 e. The third-order valence-electron chi connectivity index (χ3n) is 4.73. The minimum Gasteiger partial charge on any atom is -0.330 e. The molecule has 136 valence electrons. The topological polar surface area (TPSA) is 70.6 Å². The Morgan fingerprint density at radius 2 is 2.00 bits per heavy atom. The number of sulfone groups is 1. The Morgan fingerprint density at radius 3 is 2.64 bits per heavy atom. The second-order valence-corrected chi connectivity index (χ2v) is 9.44. The maximum absolute atomic E-state index is 12.8. The van der Waals surface area contributed by atoms with Crippen LogP contribution in [0.15, 0.2) is 30.0 Å². The lowest BCUT2D eigenvalue weighted by Crippen LogP contribution is -2.60. The van der Waals surface area contributed by atoms with Crippen molar-refractivity contribution in [3.05, 3.63) is 40.7 Å². The van der Waals surface area contributed by atoms with Crippen LogP contribution in [-0.4, -0.2) is 72.3 Å². The van der Waals surface area contributed by atoms with E-state index in [1.807, 2.05) is 13.8 Å². The van der Waals surface area contributed by atoms with Crippen molar-refractivity contribution in [3.8, 4) is 0 Å². The van der Waals surface area contributed by atoms with Crippen LogP contribution in [0.2, 0.25) is 5.02 Å². The molecule has 0 aliphatic carbocycles. The van der Waals surface area contributed by atoms with Crippen molar-refractivity contribution in [2.24, 2.45) is 0 Å². The first-order valence-corrected chi connectivity index (χ1v) is 10.5. The molecule has 0 spiro atoms. The number of piperazine rings is 1. The highest BCUT2D eigenvalue weighted by Gasteiger charge is 2.47. The van der Waals surface area contributed by atoms with Gasteiger partial charge in [-0.15, -0.1) is 0 Å². The van der Waals surface area contributed by atoms with E-state index in [1.165, 1.54) is 11.8 Å². The first-order chi connectivity index (χ1) is 11.8. The molecule has 3 heterocycles. The number of halogens is 1. The molecule has 0 saturated carbocycles. The van der Waals surface area contributed by atoms with Crippen molar-refractivity contribution in [2.45, 2.75) is 25.9 Å². The lowest BCUT2D eigenvalue weighted by molar-refractivity contribution is 0.0363. The van der Waals surface area contributed by atoms with Gasteiger partial charge in [0.15, 0.2) is 9.84 Å². The number of pyridine rings is 1. The molecule has 1 aromatic heterocycles. The summed E-state index contributed by atoms with van der Waals surface area (Å²) in [6.07, 6.45) is 3.53. The molecule has 0 radical (unpaired) electrons. The normalized spacial score (nSPS) is 25.5. The number of hydrogen-bond donors (Lipinski definition) is 0. The van der Waals surface area contributed by atoms with Crippen molar-refractivity contribution in [1.82, 2.24) is 14.8 Å². The van der Waals surface area contributed by atoms with Gasteiger partial charge < -0.3 is 4.90 Å². The van der Waals surface area contributed by atoms with Gasteiger partial charge in [0.25, 0.3) is 5.91 Å². The quantitative estimate of drug-likeness (QED) is 0.742. The van der Waals surface area contributed by atoms with Crippen LogP contribution in [0.5, 0.6) is 0 Å². The van der Waals surface area contributed by atoms with E-state index < -0.39 is 9.84 Å². The highest BCUT2D eigenvalue weighted by Crippen LogP contribution is 2.28. The Hall–Kier alpha value is -1.44. The van der Waals surface area contributed by atoms with Gasteiger partial charge in [-0.2, -0.15) is 0 Å². The Balaban J connectivity index is 1.84. The summed E-state index contributed by atoms with van der Waals surface area (Å²) >= 11 is 5.83. The van der Waals surface area contributed by atoms with Crippen LogP contribution in [-0.2, 0) is 9.84 Å². The monoisotopic (exact) mass is 383 g/mol. The van der Waals surface area contributed by atoms with E-state index in [2.05, 4.69) is 16.0 Å². The van der Waals surface area contributed by atoms with Crippen LogP contribution in [0.3, 0.4) is 0 Å². The molecule has 2 unspecified atom stereocenters. The Labute approximate surface area is 153 Å². The van der Waals surface area contributed by atoms with E-state index in [0.717, 1.165) is 0 Å². The summed E-state index contributed by atoms with van der Waals surface area (Å²) in [7, 11) is -3.15. The molecule has 0 N–H and O–H groups in total. The van der Waals surface area contributed by atoms with E-state index in [9.17, 15) is 13.2 Å². The number of amides is 1. The maximum Gasteiger partial charge on any atom is 0.272 e. The summed E-state index contributed by atoms with van der Waals surface area (Å²) in [6.45, 7) is 5.90. The van der Waals surface area contributed by atoms with Gasteiger partial charge in [-0.1, -0.05) is 23.3 Å². The third kappa shape index (κ3) is 4.04. The molecule has 3 rings (SSSR count). The summed E-state index contributed by atoms with van der Waals surface area (Å²) in [4.78, 5) is 20.8. The molecular formula is C17H22ClN3O3S. The SMILES string of the molecule is CC(C)=CCN1CCN(C(=O)c2ccc(Cl)cn2)C2CS(=O)(=O)CC21. The fraction of sp³-hybridized carbons (Fsp3) is 0.529. The van der Waals surface area contributed by atoms with Crippen molar-refractivity contribution in [2.75, 3.05) is 31.1 Å². The van der Waals surface area contributed by atoms with Crippen LogP contribution in [0.1, 0.15) is 24.3 Å². The molecule has 2 saturated heterocycles. The van der Waals surface area contributed by atoms with Gasteiger partial charge >= 0.3 is 0 Å². The lowest BCUT2D eigenvalue weighted by Gasteiger charge is -2.43. The average molecular weight is 384 g/mol. The zero-order valence-corrected chi connectivity index (χ0v) is 15.9. The van der Waals surface area contributed by atoms with E-state index in [1.54, 1.807) is 17.0 Å². The molecular weight excluding hydrogens is 362 g/mol. The molecule has 0 bridgehead atoms. The number of nitrogens with zero attached hydrogens (tertiary/aromatic N) is 3. The fourth-order valence-corrected chi connectivity index (χ4v) is 5.58. The Morgan fingerprint density at radius 1 is 1.28 bits per heavy atom. The molecule has 1 amide bonds. The van der Waals surface area contributed by atoms with Crippen LogP contribution in [0.4, 0.5) is 0 Å². The van der Waals surface area contributed by atoms with Crippen molar-refractivity contribution >= 4 is 27.3 Å². The van der Waals surface area contributed by atoms with Gasteiger partial charge in [-0.05, 0) is 26.0 Å². The molecule has 0 aromatic carbocycles. The van der Waals surface area contributed by atoms with Gasteiger partial charge in [0.2, 0.25) is 0 Å². The van der Waals surface area contributed by atoms with Crippen LogP contribution < -0.4 is 0 Å². The van der Waals surface area contributed by atoms with E-state index >= 15 is 0 Å². The van der Waals surface area contributed by atoms with E-state index in [4.69, 9.17) is 11.6 Å². The van der Waals surface area contributed by atoms with Crippen LogP contribution >= 0.6 is 11.6 Å². The minimum absolute atomic E-state index is 0.0162. The van der Waals surface area contributed by atoms with Crippen molar-refractivity contribution < 1.29 is 13.2 Å². The second kappa shape index (κ2) is 7.05. The summed E-state index contributed by atoms with van der Waals surface area (Å²) in [5.41, 5.74) is 1.49. The number of allylic oxidation sites excluding steroid dienone is 1. The molecule has 8 heteroatoms. The Kier molecular flexibility index (Phi) is 5.18.